The predicted molar refractivity (Wildman–Crippen MR) is 73.6 cm³/mol. The van der Waals surface area contributed by atoms with Gasteiger partial charge in [-0.15, -0.1) is 0 Å². The van der Waals surface area contributed by atoms with Crippen LogP contribution in [0.5, 0.6) is 0 Å². The number of carboxylic acids is 1. The Labute approximate surface area is 111 Å². The zero-order valence-corrected chi connectivity index (χ0v) is 12.1. The monoisotopic (exact) mass is 256 g/mol. The lowest BCUT2D eigenvalue weighted by Gasteiger charge is -2.10. The Morgan fingerprint density at radius 2 is 1.67 bits per heavy atom. The van der Waals surface area contributed by atoms with Crippen LogP contribution < -0.4 is 0 Å². The van der Waals surface area contributed by atoms with E-state index in [0.717, 1.165) is 32.1 Å². The SMILES string of the molecule is CCCCC(C(=O)O)C(=O)CCCCCC(C)C. The minimum Gasteiger partial charge on any atom is -0.481 e. The average molecular weight is 256 g/mol. The lowest BCUT2D eigenvalue weighted by Crippen LogP contribution is -2.23. The number of carbonyl (C=O) groups is 2. The summed E-state index contributed by atoms with van der Waals surface area (Å²) in [6.07, 6.45) is 6.87. The van der Waals surface area contributed by atoms with Crippen LogP contribution in [-0.2, 0) is 9.59 Å². The van der Waals surface area contributed by atoms with Gasteiger partial charge in [-0.25, -0.2) is 0 Å². The number of rotatable bonds is 11. The third kappa shape index (κ3) is 8.26. The number of Topliss-reactive ketones (excluding diaryl/α,β-unsaturated/α-hetero) is 1. The van der Waals surface area contributed by atoms with E-state index in [2.05, 4.69) is 13.8 Å². The molecule has 0 rings (SSSR count). The average Bonchev–Trinajstić information content (AvgIpc) is 2.28. The van der Waals surface area contributed by atoms with Gasteiger partial charge in [0.15, 0.2) is 0 Å². The highest BCUT2D eigenvalue weighted by atomic mass is 16.4. The molecule has 0 amide bonds. The molecular weight excluding hydrogens is 228 g/mol. The minimum absolute atomic E-state index is 0.0829. The van der Waals surface area contributed by atoms with Gasteiger partial charge in [0.1, 0.15) is 11.7 Å². The van der Waals surface area contributed by atoms with Gasteiger partial charge in [0.2, 0.25) is 0 Å². The molecular formula is C15H28O3. The van der Waals surface area contributed by atoms with E-state index in [9.17, 15) is 9.59 Å². The van der Waals surface area contributed by atoms with Crippen LogP contribution in [0.25, 0.3) is 0 Å². The van der Waals surface area contributed by atoms with Crippen molar-refractivity contribution in [3.8, 4) is 0 Å². The highest BCUT2D eigenvalue weighted by Crippen LogP contribution is 2.15. The minimum atomic E-state index is -0.948. The van der Waals surface area contributed by atoms with Gasteiger partial charge in [-0.3, -0.25) is 9.59 Å². The first-order valence-electron chi connectivity index (χ1n) is 7.24. The van der Waals surface area contributed by atoms with Crippen molar-refractivity contribution in [3.63, 3.8) is 0 Å². The number of unbranched alkanes of at least 4 members (excludes halogenated alkanes) is 3. The third-order valence-corrected chi connectivity index (χ3v) is 3.24. The summed E-state index contributed by atoms with van der Waals surface area (Å²) in [4.78, 5) is 22.8. The molecule has 0 saturated heterocycles. The van der Waals surface area contributed by atoms with Crippen molar-refractivity contribution in [2.45, 2.75) is 72.1 Å². The van der Waals surface area contributed by atoms with Crippen LogP contribution in [-0.4, -0.2) is 16.9 Å². The molecule has 0 aromatic carbocycles. The van der Waals surface area contributed by atoms with E-state index < -0.39 is 11.9 Å². The van der Waals surface area contributed by atoms with Crippen molar-refractivity contribution in [1.29, 1.82) is 0 Å². The molecule has 0 radical (unpaired) electrons. The molecule has 1 atom stereocenters. The van der Waals surface area contributed by atoms with Crippen LogP contribution >= 0.6 is 0 Å². The summed E-state index contributed by atoms with van der Waals surface area (Å²) in [6, 6.07) is 0. The smallest absolute Gasteiger partial charge is 0.314 e. The summed E-state index contributed by atoms with van der Waals surface area (Å²) in [5.74, 6) is -1.09. The number of ketones is 1. The maximum absolute atomic E-state index is 11.8. The van der Waals surface area contributed by atoms with Gasteiger partial charge in [-0.1, -0.05) is 52.9 Å². The number of carboxylic acid groups (broad SMARTS) is 1. The van der Waals surface area contributed by atoms with Gasteiger partial charge in [0.05, 0.1) is 0 Å². The highest BCUT2D eigenvalue weighted by molar-refractivity contribution is 5.98. The summed E-state index contributed by atoms with van der Waals surface area (Å²) in [5.41, 5.74) is 0. The van der Waals surface area contributed by atoms with E-state index in [1.165, 1.54) is 6.42 Å². The van der Waals surface area contributed by atoms with Crippen LogP contribution in [0.15, 0.2) is 0 Å². The number of hydrogen-bond acceptors (Lipinski definition) is 2. The molecule has 0 aliphatic heterocycles. The van der Waals surface area contributed by atoms with E-state index in [4.69, 9.17) is 5.11 Å². The molecule has 1 N–H and O–H groups in total. The molecule has 0 fully saturated rings. The van der Waals surface area contributed by atoms with Gasteiger partial charge >= 0.3 is 5.97 Å². The molecule has 3 nitrogen and oxygen atoms in total. The van der Waals surface area contributed by atoms with E-state index in [1.807, 2.05) is 6.92 Å². The molecule has 0 aliphatic carbocycles. The second kappa shape index (κ2) is 10.1. The van der Waals surface area contributed by atoms with Gasteiger partial charge in [-0.2, -0.15) is 0 Å². The van der Waals surface area contributed by atoms with Gasteiger partial charge < -0.3 is 5.11 Å². The lowest BCUT2D eigenvalue weighted by atomic mass is 9.93. The van der Waals surface area contributed by atoms with Crippen molar-refractivity contribution in [2.75, 3.05) is 0 Å². The lowest BCUT2D eigenvalue weighted by molar-refractivity contribution is -0.146. The highest BCUT2D eigenvalue weighted by Gasteiger charge is 2.24. The molecule has 0 bridgehead atoms. The molecule has 106 valence electrons. The molecule has 0 aromatic heterocycles. The van der Waals surface area contributed by atoms with Crippen molar-refractivity contribution in [1.82, 2.24) is 0 Å². The van der Waals surface area contributed by atoms with Crippen LogP contribution in [0.1, 0.15) is 72.1 Å². The van der Waals surface area contributed by atoms with Crippen molar-refractivity contribution in [2.24, 2.45) is 11.8 Å². The Morgan fingerprint density at radius 3 is 2.17 bits per heavy atom. The fourth-order valence-corrected chi connectivity index (χ4v) is 2.03. The van der Waals surface area contributed by atoms with Gasteiger partial charge in [-0.05, 0) is 18.8 Å². The van der Waals surface area contributed by atoms with Crippen LogP contribution in [0, 0.1) is 11.8 Å². The summed E-state index contributed by atoms with van der Waals surface area (Å²) in [5, 5.41) is 9.02. The Balaban J connectivity index is 3.85. The molecule has 1 unspecified atom stereocenters. The summed E-state index contributed by atoms with van der Waals surface area (Å²) >= 11 is 0. The van der Waals surface area contributed by atoms with E-state index in [-0.39, 0.29) is 5.78 Å². The van der Waals surface area contributed by atoms with E-state index in [1.54, 1.807) is 0 Å². The van der Waals surface area contributed by atoms with Crippen LogP contribution in [0.4, 0.5) is 0 Å². The zero-order valence-electron chi connectivity index (χ0n) is 12.1. The normalized spacial score (nSPS) is 12.7. The fraction of sp³-hybridized carbons (Fsp3) is 0.867. The van der Waals surface area contributed by atoms with Crippen LogP contribution in [0.3, 0.4) is 0 Å². The molecule has 0 saturated carbocycles. The van der Waals surface area contributed by atoms with E-state index in [0.29, 0.717) is 18.8 Å². The molecule has 18 heavy (non-hydrogen) atoms. The quantitative estimate of drug-likeness (QED) is 0.448. The second-order valence-corrected chi connectivity index (χ2v) is 5.49. The molecule has 0 aromatic rings. The topological polar surface area (TPSA) is 54.4 Å². The van der Waals surface area contributed by atoms with Crippen LogP contribution in [0.2, 0.25) is 0 Å². The standard InChI is InChI=1S/C15H28O3/c1-4-5-10-13(15(17)18)14(16)11-8-6-7-9-12(2)3/h12-13H,4-11H2,1-3H3,(H,17,18). The Hall–Kier alpha value is -0.860. The molecule has 0 heterocycles. The Morgan fingerprint density at radius 1 is 1.00 bits per heavy atom. The largest absolute Gasteiger partial charge is 0.481 e. The Kier molecular flexibility index (Phi) is 9.62. The predicted octanol–water partition coefficient (Wildman–Crippen LogP) is 4.05. The summed E-state index contributed by atoms with van der Waals surface area (Å²) in [6.45, 7) is 6.39. The first-order chi connectivity index (χ1) is 8.49. The summed E-state index contributed by atoms with van der Waals surface area (Å²) in [7, 11) is 0. The number of carbonyl (C=O) groups excluding carboxylic acids is 1. The first kappa shape index (κ1) is 17.1. The Bertz CT molecular complexity index is 246. The number of hydrogen-bond donors (Lipinski definition) is 1. The molecule has 3 heteroatoms. The number of aliphatic carboxylic acids is 1. The third-order valence-electron chi connectivity index (χ3n) is 3.24. The molecule has 0 spiro atoms. The molecule has 0 aliphatic rings. The first-order valence-corrected chi connectivity index (χ1v) is 7.24. The van der Waals surface area contributed by atoms with Crippen molar-refractivity contribution < 1.29 is 14.7 Å². The van der Waals surface area contributed by atoms with Crippen molar-refractivity contribution in [3.05, 3.63) is 0 Å². The summed E-state index contributed by atoms with van der Waals surface area (Å²) < 4.78 is 0. The maximum Gasteiger partial charge on any atom is 0.314 e. The fourth-order valence-electron chi connectivity index (χ4n) is 2.03. The van der Waals surface area contributed by atoms with Crippen molar-refractivity contribution >= 4 is 11.8 Å². The zero-order chi connectivity index (χ0) is 14.0. The van der Waals surface area contributed by atoms with Gasteiger partial charge in [0, 0.05) is 6.42 Å². The van der Waals surface area contributed by atoms with E-state index >= 15 is 0 Å². The van der Waals surface area contributed by atoms with Gasteiger partial charge in [0.25, 0.3) is 0 Å². The second-order valence-electron chi connectivity index (χ2n) is 5.49. The maximum atomic E-state index is 11.8.